The van der Waals surface area contributed by atoms with Gasteiger partial charge in [0.05, 0.1) is 9.83 Å². The minimum Gasteiger partial charge on any atom is -0.379 e. The summed E-state index contributed by atoms with van der Waals surface area (Å²) in [6, 6.07) is 9.26. The van der Waals surface area contributed by atoms with Gasteiger partial charge in [-0.05, 0) is 48.0 Å². The van der Waals surface area contributed by atoms with E-state index < -0.39 is 26.2 Å². The monoisotopic (exact) mass is 499 g/mol. The third-order valence-electron chi connectivity index (χ3n) is 4.26. The van der Waals surface area contributed by atoms with E-state index in [0.717, 1.165) is 22.7 Å². The van der Waals surface area contributed by atoms with E-state index in [2.05, 4.69) is 0 Å². The summed E-state index contributed by atoms with van der Waals surface area (Å²) in [6.07, 6.45) is 1.50. The summed E-state index contributed by atoms with van der Waals surface area (Å²) >= 11 is 0.794. The molecule has 3 rings (SSSR count). The number of nitrogens with zero attached hydrogens (tertiary/aromatic N) is 2. The van der Waals surface area contributed by atoms with Crippen molar-refractivity contribution in [1.29, 1.82) is 0 Å². The number of benzene rings is 2. The van der Waals surface area contributed by atoms with E-state index in [9.17, 15) is 28.1 Å². The number of hydrogen-bond acceptors (Lipinski definition) is 9. The van der Waals surface area contributed by atoms with Gasteiger partial charge in [-0.3, -0.25) is 24.6 Å². The molecule has 1 saturated heterocycles. The number of amides is 2. The lowest BCUT2D eigenvalue weighted by atomic mass is 10.2. The van der Waals surface area contributed by atoms with Crippen LogP contribution < -0.4 is 9.92 Å². The van der Waals surface area contributed by atoms with Crippen molar-refractivity contribution in [2.24, 2.45) is 5.73 Å². The smallest absolute Gasteiger partial charge is 0.339 e. The van der Waals surface area contributed by atoms with Gasteiger partial charge < -0.3 is 9.92 Å². The van der Waals surface area contributed by atoms with E-state index in [-0.39, 0.29) is 46.7 Å². The summed E-state index contributed by atoms with van der Waals surface area (Å²) in [5, 5.41) is 10.5. The predicted molar refractivity (Wildman–Crippen MR) is 121 cm³/mol. The van der Waals surface area contributed by atoms with Gasteiger partial charge in [0.15, 0.2) is 0 Å². The third-order valence-corrected chi connectivity index (χ3v) is 6.56. The second-order valence-corrected chi connectivity index (χ2v) is 8.94. The fourth-order valence-corrected chi connectivity index (χ4v) is 4.78. The summed E-state index contributed by atoms with van der Waals surface area (Å²) < 4.78 is 30.3. The molecule has 10 nitrogen and oxygen atoms in total. The average molecular weight is 500 g/mol. The molecule has 0 unspecified atom stereocenters. The fourth-order valence-electron chi connectivity index (χ4n) is 2.74. The Morgan fingerprint density at radius 2 is 1.84 bits per heavy atom. The van der Waals surface area contributed by atoms with Crippen LogP contribution in [0.5, 0.6) is 5.75 Å². The van der Waals surface area contributed by atoms with Crippen molar-refractivity contribution in [3.05, 3.63) is 68.6 Å². The van der Waals surface area contributed by atoms with E-state index in [1.165, 1.54) is 49.4 Å². The Morgan fingerprint density at radius 3 is 2.44 bits per heavy atom. The van der Waals surface area contributed by atoms with Crippen LogP contribution in [0.25, 0.3) is 6.08 Å². The quantitative estimate of drug-likeness (QED) is 0.262. The van der Waals surface area contributed by atoms with Gasteiger partial charge in [0.2, 0.25) is 0 Å². The van der Waals surface area contributed by atoms with Crippen LogP contribution in [0.4, 0.5) is 10.5 Å². The highest BCUT2D eigenvalue weighted by molar-refractivity contribution is 8.18. The normalized spacial score (nSPS) is 15.1. The molecule has 2 aromatic rings. The second-order valence-electron chi connectivity index (χ2n) is 6.44. The minimum absolute atomic E-state index is 0. The molecule has 0 spiro atoms. The Balaban J connectivity index is 0.00000363. The van der Waals surface area contributed by atoms with Crippen molar-refractivity contribution in [3.8, 4) is 5.75 Å². The number of imide groups is 1. The lowest BCUT2D eigenvalue weighted by molar-refractivity contribution is -0.385. The molecule has 0 saturated carbocycles. The number of nitro groups is 1. The zero-order valence-electron chi connectivity index (χ0n) is 16.6. The number of thioether (sulfide) groups is 1. The molecule has 32 heavy (non-hydrogen) atoms. The highest BCUT2D eigenvalue weighted by Crippen LogP contribution is 2.32. The van der Waals surface area contributed by atoms with E-state index >= 15 is 0 Å². The van der Waals surface area contributed by atoms with Crippen LogP contribution in [0, 0.1) is 17.0 Å². The van der Waals surface area contributed by atoms with E-state index in [1.54, 1.807) is 0 Å². The number of halogens is 1. The zero-order chi connectivity index (χ0) is 22.8. The van der Waals surface area contributed by atoms with Gasteiger partial charge in [-0.1, -0.05) is 18.2 Å². The van der Waals surface area contributed by atoms with Crippen molar-refractivity contribution in [2.45, 2.75) is 11.8 Å². The highest BCUT2D eigenvalue weighted by Gasteiger charge is 2.34. The Morgan fingerprint density at radius 1 is 1.19 bits per heavy atom. The first-order valence-electron chi connectivity index (χ1n) is 8.87. The summed E-state index contributed by atoms with van der Waals surface area (Å²) in [4.78, 5) is 35.3. The van der Waals surface area contributed by atoms with Crippen molar-refractivity contribution in [1.82, 2.24) is 4.90 Å². The minimum atomic E-state index is -4.31. The number of hydrogen-bond donors (Lipinski definition) is 1. The molecule has 13 heteroatoms. The molecule has 170 valence electrons. The van der Waals surface area contributed by atoms with Gasteiger partial charge >= 0.3 is 10.1 Å². The maximum Gasteiger partial charge on any atom is 0.339 e. The van der Waals surface area contributed by atoms with Gasteiger partial charge in [0.25, 0.3) is 16.8 Å². The van der Waals surface area contributed by atoms with Crippen molar-refractivity contribution in [2.75, 3.05) is 13.1 Å². The summed E-state index contributed by atoms with van der Waals surface area (Å²) in [6.45, 7) is 1.79. The summed E-state index contributed by atoms with van der Waals surface area (Å²) in [5.41, 5.74) is 5.88. The van der Waals surface area contributed by atoms with Crippen molar-refractivity contribution < 1.29 is 27.1 Å². The van der Waals surface area contributed by atoms with E-state index in [0.29, 0.717) is 11.1 Å². The maximum absolute atomic E-state index is 12.6. The second kappa shape index (κ2) is 10.1. The standard InChI is InChI=1S/C19H17N3O7S2.ClH/c1-12-2-5-14(22(25)26)11-17(12)31(27,28)29-15-6-3-13(4-7-15)10-16-18(23)21(9-8-20)19(24)30-16;/h2-7,10-11H,8-9,20H2,1H3;1H/b16-10+;. The Hall–Kier alpha value is -2.93. The number of non-ortho nitro benzene ring substituents is 1. The first-order chi connectivity index (χ1) is 14.6. The fraction of sp³-hybridized carbons (Fsp3) is 0.158. The van der Waals surface area contributed by atoms with Crippen LogP contribution in [0.15, 0.2) is 52.3 Å². The summed E-state index contributed by atoms with van der Waals surface area (Å²) in [5.74, 6) is -0.455. The number of rotatable bonds is 7. The van der Waals surface area contributed by atoms with Gasteiger partial charge in [-0.25, -0.2) is 0 Å². The van der Waals surface area contributed by atoms with Crippen LogP contribution in [-0.2, 0) is 14.9 Å². The van der Waals surface area contributed by atoms with Crippen LogP contribution in [0.3, 0.4) is 0 Å². The molecule has 2 amide bonds. The maximum atomic E-state index is 12.6. The number of nitrogens with two attached hydrogens (primary N) is 1. The Kier molecular flexibility index (Phi) is 8.02. The SMILES string of the molecule is Cc1ccc([N+](=O)[O-])cc1S(=O)(=O)Oc1ccc(/C=C2/SC(=O)N(CCN)C2=O)cc1.Cl. The van der Waals surface area contributed by atoms with Gasteiger partial charge in [0, 0.05) is 25.2 Å². The molecule has 2 N–H and O–H groups in total. The third kappa shape index (κ3) is 5.46. The largest absolute Gasteiger partial charge is 0.379 e. The number of carbonyl (C=O) groups excluding carboxylic acids is 2. The molecule has 2 aromatic carbocycles. The number of carbonyl (C=O) groups is 2. The molecule has 0 radical (unpaired) electrons. The van der Waals surface area contributed by atoms with Gasteiger partial charge in [-0.15, -0.1) is 12.4 Å². The Labute approximate surface area is 194 Å². The number of aryl methyl sites for hydroxylation is 1. The Bertz CT molecular complexity index is 1200. The molecule has 1 aliphatic rings. The van der Waals surface area contributed by atoms with Gasteiger partial charge in [-0.2, -0.15) is 8.42 Å². The van der Waals surface area contributed by atoms with Crippen molar-refractivity contribution >= 4 is 57.2 Å². The average Bonchev–Trinajstić information content (AvgIpc) is 2.97. The predicted octanol–water partition coefficient (Wildman–Crippen LogP) is 3.09. The molecule has 1 heterocycles. The molecule has 0 bridgehead atoms. The molecule has 1 fully saturated rings. The lowest BCUT2D eigenvalue weighted by Gasteiger charge is -2.10. The van der Waals surface area contributed by atoms with Gasteiger partial charge in [0.1, 0.15) is 10.6 Å². The summed E-state index contributed by atoms with van der Waals surface area (Å²) in [7, 11) is -4.31. The first kappa shape index (κ1) is 25.3. The topological polar surface area (TPSA) is 150 Å². The molecular weight excluding hydrogens is 482 g/mol. The first-order valence-corrected chi connectivity index (χ1v) is 11.1. The van der Waals surface area contributed by atoms with Crippen LogP contribution in [-0.4, -0.2) is 42.5 Å². The van der Waals surface area contributed by atoms with E-state index in [4.69, 9.17) is 9.92 Å². The molecular formula is C19H18ClN3O7S2. The lowest BCUT2D eigenvalue weighted by Crippen LogP contribution is -2.33. The van der Waals surface area contributed by atoms with E-state index in [1.807, 2.05) is 0 Å². The highest BCUT2D eigenvalue weighted by atomic mass is 35.5. The van der Waals surface area contributed by atoms with Crippen molar-refractivity contribution in [3.63, 3.8) is 0 Å². The number of nitro benzene ring substituents is 1. The molecule has 0 aliphatic carbocycles. The molecule has 1 aliphatic heterocycles. The molecule has 0 aromatic heterocycles. The van der Waals surface area contributed by atoms with Crippen LogP contribution >= 0.6 is 24.2 Å². The molecule has 0 atom stereocenters. The zero-order valence-corrected chi connectivity index (χ0v) is 19.0. The van der Waals surface area contributed by atoms with Crippen LogP contribution in [0.2, 0.25) is 0 Å². The van der Waals surface area contributed by atoms with Crippen LogP contribution in [0.1, 0.15) is 11.1 Å².